The van der Waals surface area contributed by atoms with Crippen LogP contribution in [0.25, 0.3) is 0 Å². The molecule has 1 rings (SSSR count). The first-order chi connectivity index (χ1) is 11.3. The molecule has 1 atom stereocenters. The summed E-state index contributed by atoms with van der Waals surface area (Å²) in [6.07, 6.45) is 23.0. The molecule has 0 aliphatic carbocycles. The van der Waals surface area contributed by atoms with Gasteiger partial charge in [0, 0.05) is 6.04 Å². The van der Waals surface area contributed by atoms with Crippen molar-refractivity contribution >= 4 is 6.34 Å². The lowest BCUT2D eigenvalue weighted by Crippen LogP contribution is -2.43. The van der Waals surface area contributed by atoms with Crippen LogP contribution in [0.15, 0.2) is 5.10 Å². The van der Waals surface area contributed by atoms with Crippen molar-refractivity contribution in [1.29, 1.82) is 0 Å². The maximum Gasteiger partial charge on any atom is 0.128 e. The van der Waals surface area contributed by atoms with E-state index in [2.05, 4.69) is 30.0 Å². The van der Waals surface area contributed by atoms with Gasteiger partial charge in [0.25, 0.3) is 0 Å². The Morgan fingerprint density at radius 3 is 1.70 bits per heavy atom. The van der Waals surface area contributed by atoms with E-state index >= 15 is 0 Å². The van der Waals surface area contributed by atoms with Crippen molar-refractivity contribution in [3.63, 3.8) is 0 Å². The molecule has 23 heavy (non-hydrogen) atoms. The Labute approximate surface area is 144 Å². The van der Waals surface area contributed by atoms with Crippen LogP contribution in [-0.2, 0) is 0 Å². The fraction of sp³-hybridized carbons (Fsp3) is 0.947. The highest BCUT2D eigenvalue weighted by Crippen LogP contribution is 2.14. The minimum atomic E-state index is 0.520. The fourth-order valence-electron chi connectivity index (χ4n) is 3.20. The molecular formula is C19H40N4. The molecular weight excluding hydrogens is 284 g/mol. The van der Waals surface area contributed by atoms with Crippen molar-refractivity contribution in [1.82, 2.24) is 16.1 Å². The van der Waals surface area contributed by atoms with Gasteiger partial charge in [-0.05, 0) is 13.3 Å². The molecule has 0 fully saturated rings. The van der Waals surface area contributed by atoms with Crippen LogP contribution in [0.3, 0.4) is 0 Å². The number of rotatable bonds is 16. The molecule has 0 aromatic heterocycles. The van der Waals surface area contributed by atoms with Crippen LogP contribution in [0.1, 0.15) is 110 Å². The van der Waals surface area contributed by atoms with E-state index in [1.807, 2.05) is 11.3 Å². The summed E-state index contributed by atoms with van der Waals surface area (Å²) in [6.45, 7) is 4.53. The smallest absolute Gasteiger partial charge is 0.128 e. The standard InChI is InChI=1S/C19H40N4/c1-3-4-5-6-7-8-9-10-11-12-13-14-15-16-17-19(2)23-18-20-21-22-23/h18-19,21-22H,3-17H2,1-2H3. The summed E-state index contributed by atoms with van der Waals surface area (Å²) in [4.78, 5) is 0. The van der Waals surface area contributed by atoms with E-state index in [1.54, 1.807) is 0 Å². The summed E-state index contributed by atoms with van der Waals surface area (Å²) in [5, 5.41) is 5.99. The summed E-state index contributed by atoms with van der Waals surface area (Å²) in [5.74, 6) is 0. The molecule has 1 aliphatic rings. The highest BCUT2D eigenvalue weighted by Gasteiger charge is 2.12. The Kier molecular flexibility index (Phi) is 13.0. The quantitative estimate of drug-likeness (QED) is 0.367. The summed E-state index contributed by atoms with van der Waals surface area (Å²) in [6, 6.07) is 0.520. The van der Waals surface area contributed by atoms with Crippen molar-refractivity contribution in [3.8, 4) is 0 Å². The summed E-state index contributed by atoms with van der Waals surface area (Å²) in [5.41, 5.74) is 5.77. The summed E-state index contributed by atoms with van der Waals surface area (Å²) >= 11 is 0. The zero-order chi connectivity index (χ0) is 16.6. The zero-order valence-electron chi connectivity index (χ0n) is 15.7. The largest absolute Gasteiger partial charge is 0.275 e. The van der Waals surface area contributed by atoms with E-state index in [1.165, 1.54) is 96.3 Å². The van der Waals surface area contributed by atoms with Crippen molar-refractivity contribution < 1.29 is 0 Å². The maximum absolute atomic E-state index is 3.94. The molecule has 0 aromatic rings. The number of hydrazone groups is 1. The Morgan fingerprint density at radius 2 is 1.26 bits per heavy atom. The van der Waals surface area contributed by atoms with Gasteiger partial charge < -0.3 is 0 Å². The molecule has 1 unspecified atom stereocenters. The third-order valence-corrected chi connectivity index (χ3v) is 4.88. The van der Waals surface area contributed by atoms with Crippen molar-refractivity contribution in [2.24, 2.45) is 5.10 Å². The normalized spacial score (nSPS) is 15.1. The minimum absolute atomic E-state index is 0.520. The molecule has 0 aromatic carbocycles. The predicted molar refractivity (Wildman–Crippen MR) is 101 cm³/mol. The second-order valence-electron chi connectivity index (χ2n) is 7.11. The van der Waals surface area contributed by atoms with Crippen LogP contribution in [-0.4, -0.2) is 17.4 Å². The highest BCUT2D eigenvalue weighted by atomic mass is 15.8. The van der Waals surface area contributed by atoms with E-state index in [0.29, 0.717) is 6.04 Å². The highest BCUT2D eigenvalue weighted by molar-refractivity contribution is 5.55. The van der Waals surface area contributed by atoms with E-state index in [-0.39, 0.29) is 0 Å². The topological polar surface area (TPSA) is 39.7 Å². The predicted octanol–water partition coefficient (Wildman–Crippen LogP) is 5.51. The van der Waals surface area contributed by atoms with Gasteiger partial charge in [0.2, 0.25) is 0 Å². The van der Waals surface area contributed by atoms with Gasteiger partial charge in [-0.2, -0.15) is 5.10 Å². The van der Waals surface area contributed by atoms with Gasteiger partial charge in [0.1, 0.15) is 6.34 Å². The molecule has 0 saturated heterocycles. The van der Waals surface area contributed by atoms with Crippen molar-refractivity contribution in [2.45, 2.75) is 116 Å². The Hall–Kier alpha value is -0.770. The molecule has 0 spiro atoms. The SMILES string of the molecule is CCCCCCCCCCCCCCCCC(C)N1C=NNN1. The molecule has 1 aliphatic heterocycles. The van der Waals surface area contributed by atoms with Crippen molar-refractivity contribution in [2.75, 3.05) is 0 Å². The van der Waals surface area contributed by atoms with Crippen LogP contribution in [0.2, 0.25) is 0 Å². The van der Waals surface area contributed by atoms with E-state index in [4.69, 9.17) is 0 Å². The van der Waals surface area contributed by atoms with Gasteiger partial charge in [0.15, 0.2) is 0 Å². The van der Waals surface area contributed by atoms with Crippen LogP contribution < -0.4 is 11.1 Å². The first-order valence-electron chi connectivity index (χ1n) is 10.2. The molecule has 4 heteroatoms. The van der Waals surface area contributed by atoms with Gasteiger partial charge in [0.05, 0.1) is 0 Å². The molecule has 2 N–H and O–H groups in total. The molecule has 0 saturated carbocycles. The van der Waals surface area contributed by atoms with E-state index in [0.717, 1.165) is 0 Å². The second kappa shape index (κ2) is 14.8. The Bertz CT molecular complexity index is 281. The zero-order valence-corrected chi connectivity index (χ0v) is 15.7. The van der Waals surface area contributed by atoms with Crippen LogP contribution in [0.5, 0.6) is 0 Å². The summed E-state index contributed by atoms with van der Waals surface area (Å²) < 4.78 is 0. The third-order valence-electron chi connectivity index (χ3n) is 4.88. The van der Waals surface area contributed by atoms with Crippen LogP contribution in [0, 0.1) is 0 Å². The molecule has 1 heterocycles. The van der Waals surface area contributed by atoms with E-state index in [9.17, 15) is 0 Å². The first kappa shape index (κ1) is 20.3. The van der Waals surface area contributed by atoms with Gasteiger partial charge in [-0.1, -0.05) is 96.8 Å². The lowest BCUT2D eigenvalue weighted by Gasteiger charge is -2.21. The number of nitrogens with one attached hydrogen (secondary N) is 2. The summed E-state index contributed by atoms with van der Waals surface area (Å²) in [7, 11) is 0. The number of nitrogens with zero attached hydrogens (tertiary/aromatic N) is 2. The average molecular weight is 325 g/mol. The van der Waals surface area contributed by atoms with Crippen molar-refractivity contribution in [3.05, 3.63) is 0 Å². The minimum Gasteiger partial charge on any atom is -0.275 e. The number of hydrogen-bond acceptors (Lipinski definition) is 4. The maximum atomic E-state index is 3.94. The first-order valence-corrected chi connectivity index (χ1v) is 10.2. The Balaban J connectivity index is 1.72. The molecule has 0 radical (unpaired) electrons. The average Bonchev–Trinajstić information content (AvgIpc) is 3.09. The number of unbranched alkanes of at least 4 members (excludes halogenated alkanes) is 13. The fourth-order valence-corrected chi connectivity index (χ4v) is 3.20. The second-order valence-corrected chi connectivity index (χ2v) is 7.11. The third kappa shape index (κ3) is 11.4. The lowest BCUT2D eigenvalue weighted by molar-refractivity contribution is 0.225. The van der Waals surface area contributed by atoms with Crippen LogP contribution >= 0.6 is 0 Å². The Morgan fingerprint density at radius 1 is 0.783 bits per heavy atom. The van der Waals surface area contributed by atoms with Gasteiger partial charge in [-0.3, -0.25) is 5.01 Å². The van der Waals surface area contributed by atoms with E-state index < -0.39 is 0 Å². The monoisotopic (exact) mass is 324 g/mol. The molecule has 0 amide bonds. The molecule has 4 nitrogen and oxygen atoms in total. The van der Waals surface area contributed by atoms with Gasteiger partial charge in [-0.15, -0.1) is 5.53 Å². The number of hydrazine groups is 2. The molecule has 136 valence electrons. The van der Waals surface area contributed by atoms with Crippen LogP contribution in [0.4, 0.5) is 0 Å². The lowest BCUT2D eigenvalue weighted by atomic mass is 10.0. The molecule has 0 bridgehead atoms. The number of hydrogen-bond donors (Lipinski definition) is 2. The van der Waals surface area contributed by atoms with Gasteiger partial charge in [-0.25, -0.2) is 5.53 Å². The van der Waals surface area contributed by atoms with Gasteiger partial charge >= 0.3 is 0 Å².